The van der Waals surface area contributed by atoms with E-state index in [0.717, 1.165) is 10.2 Å². The largest absolute Gasteiger partial charge is 0.508 e. The molecule has 0 heterocycles. The maximum atomic E-state index is 9.07. The molecule has 0 aromatic heterocycles. The van der Waals surface area contributed by atoms with Crippen LogP contribution in [0.15, 0.2) is 29.3 Å². The predicted octanol–water partition coefficient (Wildman–Crippen LogP) is 1.85. The number of aliphatic hydroxyl groups excluding tert-OH is 1. The first kappa shape index (κ1) is 8.30. The quantitative estimate of drug-likeness (QED) is 0.690. The monoisotopic (exact) mass is 214 g/mol. The van der Waals surface area contributed by atoms with E-state index in [1.807, 2.05) is 12.1 Å². The van der Waals surface area contributed by atoms with E-state index in [4.69, 9.17) is 5.11 Å². The molecule has 0 aliphatic carbocycles. The van der Waals surface area contributed by atoms with Gasteiger partial charge in [0, 0.05) is 10.5 Å². The molecule has 4 N–H and O–H groups in total. The highest BCUT2D eigenvalue weighted by molar-refractivity contribution is 9.10. The number of halogens is 1. The Labute approximate surface area is 73.5 Å². The van der Waals surface area contributed by atoms with Crippen molar-refractivity contribution in [3.05, 3.63) is 34.8 Å². The lowest BCUT2D eigenvalue weighted by Crippen LogP contribution is -2.41. The predicted molar refractivity (Wildman–Crippen MR) is 48.4 cm³/mol. The Hall–Kier alpha value is -0.800. The first-order valence-electron chi connectivity index (χ1n) is 3.11. The van der Waals surface area contributed by atoms with E-state index >= 15 is 0 Å². The Morgan fingerprint density at radius 2 is 2.18 bits per heavy atom. The minimum atomic E-state index is 0.0521. The van der Waals surface area contributed by atoms with E-state index < -0.39 is 0 Å². The van der Waals surface area contributed by atoms with Crippen LogP contribution in [0.4, 0.5) is 5.69 Å². The standard InChI is InChI=1S/C8H8BrNO/c1-5(11)7-4-6(9)2-3-8(7)10/h2-4,11H,1,10H2/p+1. The van der Waals surface area contributed by atoms with Crippen molar-refractivity contribution in [2.45, 2.75) is 0 Å². The number of hydrogen-bond donors (Lipinski definition) is 2. The smallest absolute Gasteiger partial charge is 0.139 e. The molecule has 1 aromatic carbocycles. The average Bonchev–Trinajstić information content (AvgIpc) is 1.94. The third kappa shape index (κ3) is 1.82. The second-order valence-corrected chi connectivity index (χ2v) is 3.16. The molecule has 2 nitrogen and oxygen atoms in total. The van der Waals surface area contributed by atoms with E-state index in [9.17, 15) is 0 Å². The third-order valence-electron chi connectivity index (χ3n) is 1.38. The summed E-state index contributed by atoms with van der Waals surface area (Å²) in [6.07, 6.45) is 0. The van der Waals surface area contributed by atoms with Gasteiger partial charge in [-0.3, -0.25) is 0 Å². The van der Waals surface area contributed by atoms with Gasteiger partial charge in [0.2, 0.25) is 0 Å². The van der Waals surface area contributed by atoms with Crippen LogP contribution in [0.25, 0.3) is 5.76 Å². The molecule has 0 amide bonds. The fraction of sp³-hybridized carbons (Fsp3) is 0. The van der Waals surface area contributed by atoms with Crippen molar-refractivity contribution in [2.75, 3.05) is 0 Å². The molecule has 0 saturated carbocycles. The zero-order chi connectivity index (χ0) is 8.43. The number of aliphatic hydroxyl groups is 1. The van der Waals surface area contributed by atoms with Crippen LogP contribution < -0.4 is 5.73 Å². The average molecular weight is 215 g/mol. The van der Waals surface area contributed by atoms with Gasteiger partial charge < -0.3 is 10.8 Å². The van der Waals surface area contributed by atoms with Gasteiger partial charge in [0.05, 0.1) is 5.56 Å². The molecule has 0 atom stereocenters. The number of hydrogen-bond acceptors (Lipinski definition) is 1. The lowest BCUT2D eigenvalue weighted by molar-refractivity contribution is -0.255. The Kier molecular flexibility index (Phi) is 2.31. The van der Waals surface area contributed by atoms with E-state index in [2.05, 4.69) is 28.2 Å². The summed E-state index contributed by atoms with van der Waals surface area (Å²) in [5.41, 5.74) is 5.20. The lowest BCUT2D eigenvalue weighted by Gasteiger charge is -1.99. The minimum absolute atomic E-state index is 0.0521. The lowest BCUT2D eigenvalue weighted by atomic mass is 10.1. The highest BCUT2D eigenvalue weighted by atomic mass is 79.9. The number of rotatable bonds is 1. The van der Waals surface area contributed by atoms with Crippen LogP contribution in [0.3, 0.4) is 0 Å². The zero-order valence-corrected chi connectivity index (χ0v) is 7.56. The summed E-state index contributed by atoms with van der Waals surface area (Å²) in [5.74, 6) is 0.0521. The fourth-order valence-corrected chi connectivity index (χ4v) is 1.18. The second-order valence-electron chi connectivity index (χ2n) is 2.25. The van der Waals surface area contributed by atoms with E-state index in [1.165, 1.54) is 0 Å². The van der Waals surface area contributed by atoms with Crippen LogP contribution >= 0.6 is 15.9 Å². The third-order valence-corrected chi connectivity index (χ3v) is 1.88. The molecule has 0 bridgehead atoms. The Balaban J connectivity index is 3.23. The Bertz CT molecular complexity index is 296. The van der Waals surface area contributed by atoms with Gasteiger partial charge >= 0.3 is 0 Å². The van der Waals surface area contributed by atoms with Crippen molar-refractivity contribution in [3.8, 4) is 0 Å². The van der Waals surface area contributed by atoms with Crippen LogP contribution in [-0.4, -0.2) is 5.11 Å². The second kappa shape index (κ2) is 3.07. The van der Waals surface area contributed by atoms with Crippen molar-refractivity contribution < 1.29 is 10.8 Å². The molecule has 0 radical (unpaired) electrons. The van der Waals surface area contributed by atoms with Crippen molar-refractivity contribution in [3.63, 3.8) is 0 Å². The summed E-state index contributed by atoms with van der Waals surface area (Å²) in [4.78, 5) is 0. The SMILES string of the molecule is C=C(O)c1cc(Br)ccc1[NH3+]. The summed E-state index contributed by atoms with van der Waals surface area (Å²) in [7, 11) is 0. The van der Waals surface area contributed by atoms with Crippen LogP contribution in [0.5, 0.6) is 0 Å². The fourth-order valence-electron chi connectivity index (χ4n) is 0.817. The van der Waals surface area contributed by atoms with Gasteiger partial charge in [-0.1, -0.05) is 22.5 Å². The normalized spacial score (nSPS) is 9.64. The molecular weight excluding hydrogens is 206 g/mol. The summed E-state index contributed by atoms with van der Waals surface area (Å²) < 4.78 is 0.912. The highest BCUT2D eigenvalue weighted by Gasteiger charge is 2.04. The molecule has 1 rings (SSSR count). The summed E-state index contributed by atoms with van der Waals surface area (Å²) in [6, 6.07) is 5.47. The van der Waals surface area contributed by atoms with Gasteiger partial charge in [0.25, 0.3) is 0 Å². The van der Waals surface area contributed by atoms with Crippen LogP contribution in [0.1, 0.15) is 5.56 Å². The van der Waals surface area contributed by atoms with E-state index in [-0.39, 0.29) is 5.76 Å². The Morgan fingerprint density at radius 1 is 1.55 bits per heavy atom. The number of quaternary nitrogens is 1. The summed E-state index contributed by atoms with van der Waals surface area (Å²) in [5, 5.41) is 9.07. The minimum Gasteiger partial charge on any atom is -0.508 e. The van der Waals surface area contributed by atoms with Crippen molar-refractivity contribution >= 4 is 27.4 Å². The molecule has 0 unspecified atom stereocenters. The molecule has 11 heavy (non-hydrogen) atoms. The van der Waals surface area contributed by atoms with Crippen LogP contribution in [0.2, 0.25) is 0 Å². The van der Waals surface area contributed by atoms with E-state index in [0.29, 0.717) is 5.56 Å². The van der Waals surface area contributed by atoms with Crippen molar-refractivity contribution in [1.82, 2.24) is 0 Å². The molecule has 1 aromatic rings. The van der Waals surface area contributed by atoms with Crippen LogP contribution in [0, 0.1) is 0 Å². The van der Waals surface area contributed by atoms with Crippen molar-refractivity contribution in [1.29, 1.82) is 0 Å². The first-order chi connectivity index (χ1) is 5.11. The van der Waals surface area contributed by atoms with Gasteiger partial charge in [-0.05, 0) is 12.1 Å². The van der Waals surface area contributed by atoms with Crippen molar-refractivity contribution in [2.24, 2.45) is 0 Å². The van der Waals surface area contributed by atoms with Gasteiger partial charge in [0.15, 0.2) is 0 Å². The first-order valence-corrected chi connectivity index (χ1v) is 3.90. The van der Waals surface area contributed by atoms with Gasteiger partial charge in [-0.15, -0.1) is 0 Å². The maximum Gasteiger partial charge on any atom is 0.139 e. The van der Waals surface area contributed by atoms with Gasteiger partial charge in [-0.2, -0.15) is 0 Å². The molecule has 0 aliphatic heterocycles. The molecular formula is C8H9BrNO+. The summed E-state index contributed by atoms with van der Waals surface area (Å²) in [6.45, 7) is 3.42. The molecule has 0 fully saturated rings. The summed E-state index contributed by atoms with van der Waals surface area (Å²) >= 11 is 3.28. The molecule has 0 spiro atoms. The molecule has 0 saturated heterocycles. The molecule has 3 heteroatoms. The number of benzene rings is 1. The van der Waals surface area contributed by atoms with Crippen LogP contribution in [-0.2, 0) is 0 Å². The van der Waals surface area contributed by atoms with Gasteiger partial charge in [0.1, 0.15) is 11.4 Å². The highest BCUT2D eigenvalue weighted by Crippen LogP contribution is 2.21. The molecule has 0 aliphatic rings. The Morgan fingerprint density at radius 3 is 2.64 bits per heavy atom. The topological polar surface area (TPSA) is 47.9 Å². The zero-order valence-electron chi connectivity index (χ0n) is 5.97. The maximum absolute atomic E-state index is 9.07. The van der Waals surface area contributed by atoms with Gasteiger partial charge in [-0.25, -0.2) is 0 Å². The molecule has 58 valence electrons. The van der Waals surface area contributed by atoms with E-state index in [1.54, 1.807) is 6.07 Å².